The number of rotatable bonds is 3. The van der Waals surface area contributed by atoms with Crippen LogP contribution in [0.25, 0.3) is 16.9 Å². The maximum atomic E-state index is 9.52. The summed E-state index contributed by atoms with van der Waals surface area (Å²) in [6.07, 6.45) is 1.62. The van der Waals surface area contributed by atoms with E-state index in [1.807, 2.05) is 24.3 Å². The van der Waals surface area contributed by atoms with Crippen LogP contribution in [0.5, 0.6) is 5.75 Å². The number of hydrogen-bond donors (Lipinski definition) is 2. The second-order valence-corrected chi connectivity index (χ2v) is 3.83. The molecular formula is C14H14N2O2. The number of benzene rings is 1. The van der Waals surface area contributed by atoms with Crippen LogP contribution in [-0.4, -0.2) is 17.2 Å². The van der Waals surface area contributed by atoms with E-state index in [9.17, 15) is 5.11 Å². The summed E-state index contributed by atoms with van der Waals surface area (Å²) in [6, 6.07) is 9.20. The van der Waals surface area contributed by atoms with Gasteiger partial charge in [-0.15, -0.1) is 0 Å². The Hall–Kier alpha value is -2.49. The lowest BCUT2D eigenvalue weighted by molar-refractivity contribution is 0.371. The van der Waals surface area contributed by atoms with E-state index in [2.05, 4.69) is 11.6 Å². The third-order valence-corrected chi connectivity index (χ3v) is 2.68. The van der Waals surface area contributed by atoms with Gasteiger partial charge in [0, 0.05) is 17.3 Å². The lowest BCUT2D eigenvalue weighted by Gasteiger charge is -2.07. The number of aromatic nitrogens is 1. The van der Waals surface area contributed by atoms with Crippen molar-refractivity contribution >= 4 is 11.6 Å². The van der Waals surface area contributed by atoms with Crippen molar-refractivity contribution in [1.82, 2.24) is 4.98 Å². The Kier molecular flexibility index (Phi) is 3.19. The van der Waals surface area contributed by atoms with Gasteiger partial charge in [-0.25, -0.2) is 4.98 Å². The monoisotopic (exact) mass is 242 g/mol. The third-order valence-electron chi connectivity index (χ3n) is 2.68. The Morgan fingerprint density at radius 3 is 2.50 bits per heavy atom. The van der Waals surface area contributed by atoms with Crippen molar-refractivity contribution < 1.29 is 9.84 Å². The normalized spacial score (nSPS) is 10.1. The lowest BCUT2D eigenvalue weighted by atomic mass is 10.0. The molecule has 0 saturated carbocycles. The quantitative estimate of drug-likeness (QED) is 0.812. The summed E-state index contributed by atoms with van der Waals surface area (Å²) in [5.41, 5.74) is 8.11. The van der Waals surface area contributed by atoms with Gasteiger partial charge in [0.1, 0.15) is 5.76 Å². The zero-order valence-corrected chi connectivity index (χ0v) is 10.1. The van der Waals surface area contributed by atoms with Crippen LogP contribution in [0.15, 0.2) is 43.1 Å². The minimum absolute atomic E-state index is 0.0159. The molecule has 1 aromatic heterocycles. The number of methoxy groups -OCH3 is 1. The van der Waals surface area contributed by atoms with Crippen molar-refractivity contribution in [1.29, 1.82) is 0 Å². The number of hydrogen-bond acceptors (Lipinski definition) is 4. The van der Waals surface area contributed by atoms with Crippen LogP contribution in [0.3, 0.4) is 0 Å². The minimum atomic E-state index is -0.0159. The highest BCUT2D eigenvalue weighted by molar-refractivity contribution is 5.69. The number of nitrogens with zero attached hydrogens (tertiary/aromatic N) is 1. The molecule has 0 aliphatic carbocycles. The molecule has 92 valence electrons. The van der Waals surface area contributed by atoms with Gasteiger partial charge in [0.05, 0.1) is 7.11 Å². The number of anilines is 1. The fourth-order valence-corrected chi connectivity index (χ4v) is 1.59. The Bertz CT molecular complexity index is 577. The first-order valence-electron chi connectivity index (χ1n) is 5.40. The Morgan fingerprint density at radius 1 is 1.28 bits per heavy atom. The molecule has 0 spiro atoms. The standard InChI is InChI=1S/C14H14N2O2/c1-9(18-2)10-3-5-11(6-4-10)12-7-13(17)14(15)16-8-12/h3-8,17H,1H2,2H3,(H2,15,16). The topological polar surface area (TPSA) is 68.4 Å². The molecular weight excluding hydrogens is 228 g/mol. The van der Waals surface area contributed by atoms with E-state index in [1.54, 1.807) is 19.4 Å². The number of ether oxygens (including phenoxy) is 1. The summed E-state index contributed by atoms with van der Waals surface area (Å²) in [7, 11) is 1.58. The van der Waals surface area contributed by atoms with E-state index in [0.29, 0.717) is 5.76 Å². The number of nitrogen functional groups attached to an aromatic ring is 1. The predicted octanol–water partition coefficient (Wildman–Crippen LogP) is 2.65. The van der Waals surface area contributed by atoms with Crippen LogP contribution in [0, 0.1) is 0 Å². The molecule has 0 bridgehead atoms. The molecule has 0 unspecified atom stereocenters. The zero-order valence-electron chi connectivity index (χ0n) is 10.1. The van der Waals surface area contributed by atoms with Crippen LogP contribution in [-0.2, 0) is 4.74 Å². The summed E-state index contributed by atoms with van der Waals surface area (Å²) in [6.45, 7) is 3.78. The van der Waals surface area contributed by atoms with Crippen LogP contribution in [0.1, 0.15) is 5.56 Å². The summed E-state index contributed by atoms with van der Waals surface area (Å²) in [4.78, 5) is 3.91. The van der Waals surface area contributed by atoms with Crippen molar-refractivity contribution in [3.05, 3.63) is 48.7 Å². The average molecular weight is 242 g/mol. The van der Waals surface area contributed by atoms with Gasteiger partial charge < -0.3 is 15.6 Å². The van der Waals surface area contributed by atoms with E-state index in [1.165, 1.54) is 0 Å². The number of aromatic hydroxyl groups is 1. The Labute approximate surface area is 105 Å². The van der Waals surface area contributed by atoms with Gasteiger partial charge in [0.25, 0.3) is 0 Å². The maximum absolute atomic E-state index is 9.52. The first kappa shape index (κ1) is 12.0. The van der Waals surface area contributed by atoms with Gasteiger partial charge in [-0.05, 0) is 11.6 Å². The summed E-state index contributed by atoms with van der Waals surface area (Å²) in [5.74, 6) is 0.723. The van der Waals surface area contributed by atoms with E-state index in [0.717, 1.165) is 16.7 Å². The average Bonchev–Trinajstić information content (AvgIpc) is 2.41. The molecule has 2 aromatic rings. The smallest absolute Gasteiger partial charge is 0.165 e. The Morgan fingerprint density at radius 2 is 1.94 bits per heavy atom. The molecule has 0 aliphatic heterocycles. The van der Waals surface area contributed by atoms with Crippen LogP contribution in [0.2, 0.25) is 0 Å². The minimum Gasteiger partial charge on any atom is -0.504 e. The van der Waals surface area contributed by atoms with Gasteiger partial charge in [-0.2, -0.15) is 0 Å². The summed E-state index contributed by atoms with van der Waals surface area (Å²) >= 11 is 0. The predicted molar refractivity (Wildman–Crippen MR) is 71.8 cm³/mol. The van der Waals surface area contributed by atoms with Crippen molar-refractivity contribution in [3.8, 4) is 16.9 Å². The van der Waals surface area contributed by atoms with Crippen molar-refractivity contribution in [2.24, 2.45) is 0 Å². The molecule has 1 heterocycles. The molecule has 4 nitrogen and oxygen atoms in total. The SMILES string of the molecule is C=C(OC)c1ccc(-c2cnc(N)c(O)c2)cc1. The highest BCUT2D eigenvalue weighted by Crippen LogP contribution is 2.26. The van der Waals surface area contributed by atoms with Gasteiger partial charge in [0.2, 0.25) is 0 Å². The number of pyridine rings is 1. The zero-order chi connectivity index (χ0) is 13.1. The first-order valence-corrected chi connectivity index (χ1v) is 5.40. The molecule has 3 N–H and O–H groups in total. The molecule has 0 fully saturated rings. The van der Waals surface area contributed by atoms with Crippen LogP contribution in [0.4, 0.5) is 5.82 Å². The van der Waals surface area contributed by atoms with Crippen molar-refractivity contribution in [2.75, 3.05) is 12.8 Å². The van der Waals surface area contributed by atoms with Gasteiger partial charge in [0.15, 0.2) is 11.6 Å². The van der Waals surface area contributed by atoms with Gasteiger partial charge >= 0.3 is 0 Å². The number of nitrogens with two attached hydrogens (primary N) is 1. The summed E-state index contributed by atoms with van der Waals surface area (Å²) < 4.78 is 5.05. The molecule has 18 heavy (non-hydrogen) atoms. The molecule has 0 atom stereocenters. The van der Waals surface area contributed by atoms with Gasteiger partial charge in [-0.1, -0.05) is 30.8 Å². The molecule has 0 saturated heterocycles. The molecule has 0 aliphatic rings. The van der Waals surface area contributed by atoms with Crippen LogP contribution < -0.4 is 5.73 Å². The molecule has 0 radical (unpaired) electrons. The lowest BCUT2D eigenvalue weighted by Crippen LogP contribution is -1.91. The highest BCUT2D eigenvalue weighted by atomic mass is 16.5. The van der Waals surface area contributed by atoms with Crippen molar-refractivity contribution in [3.63, 3.8) is 0 Å². The maximum Gasteiger partial charge on any atom is 0.165 e. The third kappa shape index (κ3) is 2.27. The largest absolute Gasteiger partial charge is 0.504 e. The highest BCUT2D eigenvalue weighted by Gasteiger charge is 2.04. The van der Waals surface area contributed by atoms with Crippen LogP contribution >= 0.6 is 0 Å². The van der Waals surface area contributed by atoms with E-state index in [-0.39, 0.29) is 11.6 Å². The van der Waals surface area contributed by atoms with E-state index in [4.69, 9.17) is 10.5 Å². The first-order chi connectivity index (χ1) is 8.61. The molecule has 0 amide bonds. The van der Waals surface area contributed by atoms with E-state index < -0.39 is 0 Å². The fraction of sp³-hybridized carbons (Fsp3) is 0.0714. The Balaban J connectivity index is 2.34. The summed E-state index contributed by atoms with van der Waals surface area (Å²) in [5, 5.41) is 9.52. The fourth-order valence-electron chi connectivity index (χ4n) is 1.59. The molecule has 2 rings (SSSR count). The molecule has 4 heteroatoms. The second-order valence-electron chi connectivity index (χ2n) is 3.83. The van der Waals surface area contributed by atoms with Crippen molar-refractivity contribution in [2.45, 2.75) is 0 Å². The molecule has 1 aromatic carbocycles. The second kappa shape index (κ2) is 4.79. The van der Waals surface area contributed by atoms with E-state index >= 15 is 0 Å². The van der Waals surface area contributed by atoms with Gasteiger partial charge in [-0.3, -0.25) is 0 Å².